The molecule has 1 heterocycles. The highest BCUT2D eigenvalue weighted by atomic mass is 16.4. The van der Waals surface area contributed by atoms with E-state index < -0.39 is 5.97 Å². The normalized spacial score (nSPS) is 29.0. The van der Waals surface area contributed by atoms with Crippen LogP contribution in [0.5, 0.6) is 0 Å². The molecule has 1 saturated heterocycles. The minimum atomic E-state index is -0.653. The highest BCUT2D eigenvalue weighted by Crippen LogP contribution is 2.25. The summed E-state index contributed by atoms with van der Waals surface area (Å²) in [4.78, 5) is 25.3. The van der Waals surface area contributed by atoms with Crippen LogP contribution in [-0.4, -0.2) is 47.1 Å². The molecule has 2 fully saturated rings. The van der Waals surface area contributed by atoms with Crippen LogP contribution in [0.4, 0.5) is 0 Å². The number of carboxylic acids is 1. The quantitative estimate of drug-likeness (QED) is 0.789. The van der Waals surface area contributed by atoms with E-state index in [0.717, 1.165) is 51.6 Å². The van der Waals surface area contributed by atoms with Crippen LogP contribution in [0, 0.1) is 11.8 Å². The summed E-state index contributed by atoms with van der Waals surface area (Å²) >= 11 is 0. The third-order valence-electron chi connectivity index (χ3n) is 5.00. The predicted octanol–water partition coefficient (Wildman–Crippen LogP) is 2.26. The molecule has 1 atom stereocenters. The van der Waals surface area contributed by atoms with Crippen LogP contribution < -0.4 is 5.32 Å². The Kier molecular flexibility index (Phi) is 6.24. The molecule has 1 saturated carbocycles. The van der Waals surface area contributed by atoms with Gasteiger partial charge in [-0.2, -0.15) is 0 Å². The fourth-order valence-electron chi connectivity index (χ4n) is 3.69. The SMILES string of the molecule is CC(C)CC(=O)N1CCCC1CNC1CCC(C(=O)O)CC1. The van der Waals surface area contributed by atoms with E-state index in [9.17, 15) is 9.59 Å². The summed E-state index contributed by atoms with van der Waals surface area (Å²) in [6.07, 6.45) is 6.23. The van der Waals surface area contributed by atoms with Crippen molar-refractivity contribution in [1.82, 2.24) is 10.2 Å². The highest BCUT2D eigenvalue weighted by molar-refractivity contribution is 5.77. The van der Waals surface area contributed by atoms with E-state index in [2.05, 4.69) is 24.1 Å². The first-order valence-corrected chi connectivity index (χ1v) is 8.73. The zero-order chi connectivity index (χ0) is 16.1. The Balaban J connectivity index is 1.74. The van der Waals surface area contributed by atoms with Crippen molar-refractivity contribution in [2.45, 2.75) is 70.9 Å². The van der Waals surface area contributed by atoms with Crippen LogP contribution >= 0.6 is 0 Å². The molecule has 0 spiro atoms. The van der Waals surface area contributed by atoms with Gasteiger partial charge in [-0.15, -0.1) is 0 Å². The van der Waals surface area contributed by atoms with Crippen molar-refractivity contribution in [2.75, 3.05) is 13.1 Å². The van der Waals surface area contributed by atoms with E-state index in [1.54, 1.807) is 0 Å². The smallest absolute Gasteiger partial charge is 0.306 e. The molecule has 1 amide bonds. The van der Waals surface area contributed by atoms with Crippen molar-refractivity contribution in [1.29, 1.82) is 0 Å². The van der Waals surface area contributed by atoms with E-state index >= 15 is 0 Å². The van der Waals surface area contributed by atoms with Gasteiger partial charge in [0.15, 0.2) is 0 Å². The van der Waals surface area contributed by atoms with Crippen molar-refractivity contribution >= 4 is 11.9 Å². The molecular weight excluding hydrogens is 280 g/mol. The third kappa shape index (κ3) is 4.70. The average molecular weight is 310 g/mol. The molecule has 22 heavy (non-hydrogen) atoms. The number of nitrogens with zero attached hydrogens (tertiary/aromatic N) is 1. The van der Waals surface area contributed by atoms with Gasteiger partial charge in [-0.1, -0.05) is 13.8 Å². The first-order valence-electron chi connectivity index (χ1n) is 8.73. The lowest BCUT2D eigenvalue weighted by Crippen LogP contribution is -2.45. The molecule has 1 aliphatic heterocycles. The summed E-state index contributed by atoms with van der Waals surface area (Å²) in [6.45, 7) is 5.92. The number of rotatable bonds is 6. The lowest BCUT2D eigenvalue weighted by Gasteiger charge is -2.31. The monoisotopic (exact) mass is 310 g/mol. The number of likely N-dealkylation sites (tertiary alicyclic amines) is 1. The summed E-state index contributed by atoms with van der Waals surface area (Å²) in [5, 5.41) is 12.6. The van der Waals surface area contributed by atoms with Gasteiger partial charge in [0.05, 0.1) is 5.92 Å². The third-order valence-corrected chi connectivity index (χ3v) is 5.00. The lowest BCUT2D eigenvalue weighted by molar-refractivity contribution is -0.143. The first-order chi connectivity index (χ1) is 10.5. The number of aliphatic carboxylic acids is 1. The zero-order valence-electron chi connectivity index (χ0n) is 13.9. The second-order valence-corrected chi connectivity index (χ2v) is 7.28. The molecule has 0 aromatic rings. The maximum Gasteiger partial charge on any atom is 0.306 e. The second kappa shape index (κ2) is 7.95. The minimum absolute atomic E-state index is 0.159. The molecule has 5 heteroatoms. The molecule has 2 N–H and O–H groups in total. The molecule has 0 bridgehead atoms. The molecule has 126 valence electrons. The van der Waals surface area contributed by atoms with Gasteiger partial charge in [0.2, 0.25) is 5.91 Å². The maximum absolute atomic E-state index is 12.3. The van der Waals surface area contributed by atoms with Gasteiger partial charge in [0.1, 0.15) is 0 Å². The van der Waals surface area contributed by atoms with E-state index in [4.69, 9.17) is 5.11 Å². The van der Waals surface area contributed by atoms with Gasteiger partial charge in [-0.25, -0.2) is 0 Å². The van der Waals surface area contributed by atoms with Crippen molar-refractivity contribution in [3.8, 4) is 0 Å². The van der Waals surface area contributed by atoms with Crippen molar-refractivity contribution in [2.24, 2.45) is 11.8 Å². The molecule has 0 radical (unpaired) electrons. The number of hydrogen-bond acceptors (Lipinski definition) is 3. The number of carbonyl (C=O) groups excluding carboxylic acids is 1. The van der Waals surface area contributed by atoms with Crippen LogP contribution in [0.1, 0.15) is 58.8 Å². The molecular formula is C17H30N2O3. The molecule has 2 aliphatic rings. The fourth-order valence-corrected chi connectivity index (χ4v) is 3.69. The second-order valence-electron chi connectivity index (χ2n) is 7.28. The van der Waals surface area contributed by atoms with Crippen LogP contribution in [0.3, 0.4) is 0 Å². The summed E-state index contributed by atoms with van der Waals surface area (Å²) in [5.74, 6) is -0.116. The maximum atomic E-state index is 12.3. The highest BCUT2D eigenvalue weighted by Gasteiger charge is 2.30. The number of hydrogen-bond donors (Lipinski definition) is 2. The Morgan fingerprint density at radius 1 is 1.18 bits per heavy atom. The lowest BCUT2D eigenvalue weighted by atomic mass is 9.86. The standard InChI is InChI=1S/C17H30N2O3/c1-12(2)10-16(20)19-9-3-4-15(19)11-18-14-7-5-13(6-8-14)17(21)22/h12-15,18H,3-11H2,1-2H3,(H,21,22). The number of carbonyl (C=O) groups is 2. The number of carboxylic acid groups (broad SMARTS) is 1. The Morgan fingerprint density at radius 2 is 1.86 bits per heavy atom. The summed E-state index contributed by atoms with van der Waals surface area (Å²) in [7, 11) is 0. The minimum Gasteiger partial charge on any atom is -0.481 e. The molecule has 1 aliphatic carbocycles. The number of nitrogens with one attached hydrogen (secondary N) is 1. The van der Waals surface area contributed by atoms with Gasteiger partial charge in [-0.3, -0.25) is 9.59 Å². The Labute approximate surface area is 133 Å². The van der Waals surface area contributed by atoms with Crippen LogP contribution in [-0.2, 0) is 9.59 Å². The van der Waals surface area contributed by atoms with Crippen LogP contribution in [0.25, 0.3) is 0 Å². The predicted molar refractivity (Wildman–Crippen MR) is 85.6 cm³/mol. The molecule has 0 aromatic carbocycles. The average Bonchev–Trinajstić information content (AvgIpc) is 2.93. The molecule has 2 rings (SSSR count). The molecule has 0 aromatic heterocycles. The largest absolute Gasteiger partial charge is 0.481 e. The Bertz CT molecular complexity index is 389. The Hall–Kier alpha value is -1.10. The van der Waals surface area contributed by atoms with E-state index in [-0.39, 0.29) is 11.8 Å². The van der Waals surface area contributed by atoms with Crippen LogP contribution in [0.2, 0.25) is 0 Å². The van der Waals surface area contributed by atoms with Gasteiger partial charge in [0.25, 0.3) is 0 Å². The van der Waals surface area contributed by atoms with Crippen molar-refractivity contribution < 1.29 is 14.7 Å². The zero-order valence-corrected chi connectivity index (χ0v) is 13.9. The summed E-state index contributed by atoms with van der Waals surface area (Å²) < 4.78 is 0. The van der Waals surface area contributed by atoms with Gasteiger partial charge >= 0.3 is 5.97 Å². The van der Waals surface area contributed by atoms with Crippen LogP contribution in [0.15, 0.2) is 0 Å². The molecule has 5 nitrogen and oxygen atoms in total. The summed E-state index contributed by atoms with van der Waals surface area (Å²) in [6, 6.07) is 0.738. The van der Waals surface area contributed by atoms with E-state index in [1.165, 1.54) is 0 Å². The van der Waals surface area contributed by atoms with Crippen molar-refractivity contribution in [3.05, 3.63) is 0 Å². The van der Waals surface area contributed by atoms with E-state index in [1.807, 2.05) is 0 Å². The van der Waals surface area contributed by atoms with Crippen molar-refractivity contribution in [3.63, 3.8) is 0 Å². The van der Waals surface area contributed by atoms with Gasteiger partial charge in [-0.05, 0) is 44.4 Å². The van der Waals surface area contributed by atoms with Gasteiger partial charge in [0, 0.05) is 31.6 Å². The van der Waals surface area contributed by atoms with E-state index in [0.29, 0.717) is 24.4 Å². The topological polar surface area (TPSA) is 69.6 Å². The Morgan fingerprint density at radius 3 is 2.45 bits per heavy atom. The first kappa shape index (κ1) is 17.3. The summed E-state index contributed by atoms with van der Waals surface area (Å²) in [5.41, 5.74) is 0. The number of amides is 1. The fraction of sp³-hybridized carbons (Fsp3) is 0.882. The molecule has 1 unspecified atom stereocenters. The van der Waals surface area contributed by atoms with Gasteiger partial charge < -0.3 is 15.3 Å².